The van der Waals surface area contributed by atoms with Gasteiger partial charge >= 0.3 is 0 Å². The third-order valence-electron chi connectivity index (χ3n) is 4.70. The number of hydrogen-bond donors (Lipinski definition) is 2. The van der Waals surface area contributed by atoms with Crippen LogP contribution in [0.2, 0.25) is 5.15 Å². The number of likely N-dealkylation sites (N-methyl/N-ethyl adjacent to an activating group) is 1. The number of halogens is 1. The summed E-state index contributed by atoms with van der Waals surface area (Å²) < 4.78 is 11.4. The topological polar surface area (TPSA) is 66.9 Å². The average Bonchev–Trinajstić information content (AvgIpc) is 3.03. The molecular weight excluding hydrogens is 378 g/mol. The van der Waals surface area contributed by atoms with Crippen molar-refractivity contribution in [1.29, 1.82) is 0 Å². The van der Waals surface area contributed by atoms with Crippen molar-refractivity contribution in [2.45, 2.75) is 19.1 Å². The maximum absolute atomic E-state index is 9.67. The highest BCUT2D eigenvalue weighted by Crippen LogP contribution is 2.32. The lowest BCUT2D eigenvalue weighted by atomic mass is 10.1. The highest BCUT2D eigenvalue weighted by molar-refractivity contribution is 6.30. The van der Waals surface area contributed by atoms with Crippen LogP contribution in [-0.4, -0.2) is 47.7 Å². The number of fused-ring (bicyclic) bond motifs is 1. The van der Waals surface area contributed by atoms with E-state index in [2.05, 4.69) is 22.4 Å². The minimum Gasteiger partial charge on any atom is -0.489 e. The van der Waals surface area contributed by atoms with Crippen LogP contribution >= 0.6 is 11.6 Å². The number of aliphatic hydroxyl groups excluding tert-OH is 1. The quantitative estimate of drug-likeness (QED) is 0.618. The van der Waals surface area contributed by atoms with Gasteiger partial charge < -0.3 is 19.9 Å². The van der Waals surface area contributed by atoms with Crippen molar-refractivity contribution < 1.29 is 14.6 Å². The maximum atomic E-state index is 9.67. The highest BCUT2D eigenvalue weighted by atomic mass is 35.5. The predicted molar refractivity (Wildman–Crippen MR) is 110 cm³/mol. The molecule has 2 N–H and O–H groups in total. The Morgan fingerprint density at radius 2 is 2.07 bits per heavy atom. The molecule has 2 unspecified atom stereocenters. The second kappa shape index (κ2) is 8.32. The molecule has 146 valence electrons. The first-order valence-electron chi connectivity index (χ1n) is 9.14. The second-order valence-corrected chi connectivity index (χ2v) is 7.21. The summed E-state index contributed by atoms with van der Waals surface area (Å²) in [6.45, 7) is 1.60. The number of nitrogens with one attached hydrogen (secondary N) is 1. The zero-order valence-corrected chi connectivity index (χ0v) is 16.3. The van der Waals surface area contributed by atoms with Crippen LogP contribution in [0.3, 0.4) is 0 Å². The Kier molecular flexibility index (Phi) is 5.64. The molecule has 0 radical (unpaired) electrons. The van der Waals surface area contributed by atoms with Crippen molar-refractivity contribution in [2.75, 3.05) is 25.5 Å². The second-order valence-electron chi connectivity index (χ2n) is 6.82. The molecule has 4 rings (SSSR count). The molecule has 1 aliphatic heterocycles. The fraction of sp³-hybridized carbons (Fsp3) is 0.286. The molecule has 2 heterocycles. The summed E-state index contributed by atoms with van der Waals surface area (Å²) in [5.74, 6) is 0.635. The summed E-state index contributed by atoms with van der Waals surface area (Å²) in [6.07, 6.45) is -1.09. The number of benzene rings is 2. The van der Waals surface area contributed by atoms with E-state index in [0.29, 0.717) is 36.1 Å². The number of rotatable bonds is 6. The molecule has 0 amide bonds. The molecule has 2 atom stereocenters. The Morgan fingerprint density at radius 1 is 1.25 bits per heavy atom. The lowest BCUT2D eigenvalue weighted by molar-refractivity contribution is -0.146. The van der Waals surface area contributed by atoms with E-state index in [-0.39, 0.29) is 6.10 Å². The summed E-state index contributed by atoms with van der Waals surface area (Å²) >= 11 is 6.27. The highest BCUT2D eigenvalue weighted by Gasteiger charge is 2.29. The molecule has 2 aromatic carbocycles. The molecular formula is C21H22ClN3O3. The van der Waals surface area contributed by atoms with Crippen LogP contribution in [0.15, 0.2) is 54.6 Å². The number of hydrogen-bond acceptors (Lipinski definition) is 6. The zero-order valence-electron chi connectivity index (χ0n) is 15.5. The van der Waals surface area contributed by atoms with Gasteiger partial charge in [0.25, 0.3) is 0 Å². The smallest absolute Gasteiger partial charge is 0.216 e. The van der Waals surface area contributed by atoms with Crippen LogP contribution in [0, 0.1) is 0 Å². The van der Waals surface area contributed by atoms with E-state index in [1.807, 2.05) is 42.5 Å². The standard InChI is InChI=1S/C21H22ClN3O3/c1-25-12-15(28-21(25)26)13-27-18-9-5-8-16-17(10-19(22)24-20(16)18)23-11-14-6-3-2-4-7-14/h2-10,15,21,26H,11-13H2,1H3,(H,23,24). The minimum absolute atomic E-state index is 0.204. The van der Waals surface area contributed by atoms with E-state index in [4.69, 9.17) is 21.1 Å². The molecule has 1 fully saturated rings. The molecule has 28 heavy (non-hydrogen) atoms. The van der Waals surface area contributed by atoms with Gasteiger partial charge in [-0.15, -0.1) is 0 Å². The normalized spacial score (nSPS) is 19.8. The molecule has 0 bridgehead atoms. The molecule has 1 aliphatic rings. The summed E-state index contributed by atoms with van der Waals surface area (Å²) in [5, 5.41) is 14.4. The Bertz CT molecular complexity index is 944. The monoisotopic (exact) mass is 399 g/mol. The van der Waals surface area contributed by atoms with Crippen molar-refractivity contribution in [3.63, 3.8) is 0 Å². The molecule has 6 nitrogen and oxygen atoms in total. The first-order valence-corrected chi connectivity index (χ1v) is 9.51. The van der Waals surface area contributed by atoms with Gasteiger partial charge in [0.1, 0.15) is 29.1 Å². The van der Waals surface area contributed by atoms with Crippen molar-refractivity contribution in [2.24, 2.45) is 0 Å². The molecule has 0 aliphatic carbocycles. The van der Waals surface area contributed by atoms with Gasteiger partial charge in [-0.05, 0) is 24.7 Å². The van der Waals surface area contributed by atoms with Crippen molar-refractivity contribution in [3.05, 3.63) is 65.3 Å². The lowest BCUT2D eigenvalue weighted by Crippen LogP contribution is -2.25. The summed E-state index contributed by atoms with van der Waals surface area (Å²) in [5.41, 5.74) is 2.77. The van der Waals surface area contributed by atoms with Crippen LogP contribution in [-0.2, 0) is 11.3 Å². The number of pyridine rings is 1. The van der Waals surface area contributed by atoms with Crippen molar-refractivity contribution >= 4 is 28.2 Å². The first-order chi connectivity index (χ1) is 13.6. The van der Waals surface area contributed by atoms with Crippen LogP contribution in [0.5, 0.6) is 5.75 Å². The van der Waals surface area contributed by atoms with E-state index in [9.17, 15) is 5.11 Å². The van der Waals surface area contributed by atoms with Crippen molar-refractivity contribution in [1.82, 2.24) is 9.88 Å². The van der Waals surface area contributed by atoms with Gasteiger partial charge in [-0.25, -0.2) is 4.98 Å². The third kappa shape index (κ3) is 4.20. The van der Waals surface area contributed by atoms with Crippen LogP contribution < -0.4 is 10.1 Å². The Labute approximate surface area is 168 Å². The van der Waals surface area contributed by atoms with E-state index in [1.54, 1.807) is 11.9 Å². The van der Waals surface area contributed by atoms with Gasteiger partial charge in [0.15, 0.2) is 0 Å². The van der Waals surface area contributed by atoms with E-state index in [0.717, 1.165) is 11.1 Å². The number of anilines is 1. The van der Waals surface area contributed by atoms with Crippen LogP contribution in [0.25, 0.3) is 10.9 Å². The molecule has 7 heteroatoms. The van der Waals surface area contributed by atoms with E-state index in [1.165, 1.54) is 5.56 Å². The Morgan fingerprint density at radius 3 is 2.82 bits per heavy atom. The number of aliphatic hydroxyl groups is 1. The number of nitrogens with zero attached hydrogens (tertiary/aromatic N) is 2. The minimum atomic E-state index is -0.887. The average molecular weight is 400 g/mol. The first kappa shape index (κ1) is 19.0. The Balaban J connectivity index is 1.54. The lowest BCUT2D eigenvalue weighted by Gasteiger charge is -2.15. The van der Waals surface area contributed by atoms with Crippen LogP contribution in [0.4, 0.5) is 5.69 Å². The van der Waals surface area contributed by atoms with Gasteiger partial charge in [-0.3, -0.25) is 4.90 Å². The number of ether oxygens (including phenoxy) is 2. The van der Waals surface area contributed by atoms with E-state index >= 15 is 0 Å². The maximum Gasteiger partial charge on any atom is 0.216 e. The van der Waals surface area contributed by atoms with Crippen LogP contribution in [0.1, 0.15) is 5.56 Å². The molecule has 0 spiro atoms. The van der Waals surface area contributed by atoms with Gasteiger partial charge in [-0.1, -0.05) is 54.1 Å². The zero-order chi connectivity index (χ0) is 19.5. The van der Waals surface area contributed by atoms with Crippen molar-refractivity contribution in [3.8, 4) is 5.75 Å². The van der Waals surface area contributed by atoms with Gasteiger partial charge in [0, 0.05) is 24.2 Å². The van der Waals surface area contributed by atoms with Gasteiger partial charge in [-0.2, -0.15) is 0 Å². The fourth-order valence-corrected chi connectivity index (χ4v) is 3.45. The fourth-order valence-electron chi connectivity index (χ4n) is 3.25. The summed E-state index contributed by atoms with van der Waals surface area (Å²) in [6, 6.07) is 17.8. The summed E-state index contributed by atoms with van der Waals surface area (Å²) in [7, 11) is 1.80. The van der Waals surface area contributed by atoms with Gasteiger partial charge in [0.2, 0.25) is 6.41 Å². The predicted octanol–water partition coefficient (Wildman–Crippen LogP) is 3.49. The molecule has 1 saturated heterocycles. The number of para-hydroxylation sites is 1. The summed E-state index contributed by atoms with van der Waals surface area (Å²) in [4.78, 5) is 6.19. The van der Waals surface area contributed by atoms with E-state index < -0.39 is 6.41 Å². The molecule has 3 aromatic rings. The third-order valence-corrected chi connectivity index (χ3v) is 4.90. The largest absolute Gasteiger partial charge is 0.489 e. The van der Waals surface area contributed by atoms with Gasteiger partial charge in [0.05, 0.1) is 0 Å². The Hall–Kier alpha value is -2.38. The molecule has 1 aromatic heterocycles. The molecule has 0 saturated carbocycles. The number of aromatic nitrogens is 1. The SMILES string of the molecule is CN1CC(COc2cccc3c(NCc4ccccc4)cc(Cl)nc23)OC1O.